The van der Waals surface area contributed by atoms with Gasteiger partial charge in [-0.2, -0.15) is 0 Å². The molecule has 1 aromatic heterocycles. The second-order valence-electron chi connectivity index (χ2n) is 5.75. The fourth-order valence-corrected chi connectivity index (χ4v) is 2.85. The van der Waals surface area contributed by atoms with Gasteiger partial charge < -0.3 is 9.64 Å². The molecule has 1 saturated heterocycles. The molecule has 1 aliphatic heterocycles. The van der Waals surface area contributed by atoms with Gasteiger partial charge in [0.1, 0.15) is 18.1 Å². The Balaban J connectivity index is 1.73. The highest BCUT2D eigenvalue weighted by Crippen LogP contribution is 2.33. The van der Waals surface area contributed by atoms with E-state index in [0.717, 1.165) is 32.7 Å². The van der Waals surface area contributed by atoms with Crippen molar-refractivity contribution >= 4 is 28.2 Å². The van der Waals surface area contributed by atoms with E-state index >= 15 is 0 Å². The zero-order chi connectivity index (χ0) is 17.1. The first-order chi connectivity index (χ1) is 11.5. The van der Waals surface area contributed by atoms with Crippen LogP contribution in [0.5, 0.6) is 5.75 Å². The van der Waals surface area contributed by atoms with Crippen molar-refractivity contribution in [3.63, 3.8) is 0 Å². The quantitative estimate of drug-likeness (QED) is 0.461. The molecule has 1 fully saturated rings. The van der Waals surface area contributed by atoms with Gasteiger partial charge in [-0.15, -0.1) is 0 Å². The third-order valence-corrected chi connectivity index (χ3v) is 4.43. The molecule has 0 saturated carbocycles. The molecule has 3 rings (SSSR count). The van der Waals surface area contributed by atoms with E-state index in [1.807, 2.05) is 0 Å². The van der Waals surface area contributed by atoms with Gasteiger partial charge in [-0.25, -0.2) is 9.97 Å². The van der Waals surface area contributed by atoms with Crippen molar-refractivity contribution in [1.82, 2.24) is 19.8 Å². The Labute approximate surface area is 144 Å². The Morgan fingerprint density at radius 1 is 1.29 bits per heavy atom. The second kappa shape index (κ2) is 7.25. The van der Waals surface area contributed by atoms with E-state index in [1.54, 1.807) is 6.07 Å². The molecule has 0 radical (unpaired) electrons. The highest BCUT2D eigenvalue weighted by atomic mass is 35.5. The molecule has 0 aliphatic carbocycles. The fourth-order valence-electron chi connectivity index (χ4n) is 2.66. The summed E-state index contributed by atoms with van der Waals surface area (Å²) >= 11 is 5.98. The van der Waals surface area contributed by atoms with Crippen LogP contribution in [0.1, 0.15) is 0 Å². The van der Waals surface area contributed by atoms with Crippen molar-refractivity contribution in [3.8, 4) is 5.75 Å². The van der Waals surface area contributed by atoms with Crippen molar-refractivity contribution in [1.29, 1.82) is 0 Å². The summed E-state index contributed by atoms with van der Waals surface area (Å²) in [5.41, 5.74) is 0.396. The Morgan fingerprint density at radius 2 is 2.04 bits per heavy atom. The van der Waals surface area contributed by atoms with E-state index < -0.39 is 4.92 Å². The normalized spacial score (nSPS) is 16.4. The van der Waals surface area contributed by atoms with Gasteiger partial charge in [0.15, 0.2) is 5.75 Å². The summed E-state index contributed by atoms with van der Waals surface area (Å²) in [6.45, 7) is 5.10. The van der Waals surface area contributed by atoms with Crippen molar-refractivity contribution in [2.24, 2.45) is 0 Å². The first kappa shape index (κ1) is 16.8. The monoisotopic (exact) mass is 351 g/mol. The molecular formula is C15H18ClN5O3. The van der Waals surface area contributed by atoms with Crippen LogP contribution in [0.25, 0.3) is 10.9 Å². The molecule has 1 aliphatic rings. The van der Waals surface area contributed by atoms with Gasteiger partial charge >= 0.3 is 5.69 Å². The van der Waals surface area contributed by atoms with Crippen LogP contribution in [-0.4, -0.2) is 71.1 Å². The Hall–Kier alpha value is -2.03. The molecule has 0 bridgehead atoms. The van der Waals surface area contributed by atoms with Crippen molar-refractivity contribution in [2.45, 2.75) is 0 Å². The number of nitro benzene ring substituents is 1. The number of ether oxygens (including phenoxy) is 1. The molecule has 2 aromatic rings. The number of aromatic nitrogens is 2. The molecule has 2 heterocycles. The molecule has 0 atom stereocenters. The maximum atomic E-state index is 11.3. The highest BCUT2D eigenvalue weighted by molar-refractivity contribution is 6.34. The molecular weight excluding hydrogens is 334 g/mol. The zero-order valence-corrected chi connectivity index (χ0v) is 14.1. The minimum atomic E-state index is -0.478. The third kappa shape index (κ3) is 3.72. The summed E-state index contributed by atoms with van der Waals surface area (Å²) in [6.07, 6.45) is 1.32. The molecule has 24 heavy (non-hydrogen) atoms. The van der Waals surface area contributed by atoms with Gasteiger partial charge in [0.2, 0.25) is 0 Å². The average molecular weight is 352 g/mol. The lowest BCUT2D eigenvalue weighted by molar-refractivity contribution is -0.385. The van der Waals surface area contributed by atoms with E-state index in [4.69, 9.17) is 16.3 Å². The van der Waals surface area contributed by atoms with Crippen LogP contribution in [0.4, 0.5) is 5.69 Å². The SMILES string of the molecule is CN1CCN(CCOc2cc3ncnc(Cl)c3cc2[N+](=O)[O-])CC1. The van der Waals surface area contributed by atoms with Gasteiger partial charge in [0, 0.05) is 50.2 Å². The summed E-state index contributed by atoms with van der Waals surface area (Å²) in [4.78, 5) is 23.3. The maximum absolute atomic E-state index is 11.3. The Kier molecular flexibility index (Phi) is 5.08. The van der Waals surface area contributed by atoms with Crippen LogP contribution in [-0.2, 0) is 0 Å². The number of hydrogen-bond donors (Lipinski definition) is 0. The predicted octanol–water partition coefficient (Wildman–Crippen LogP) is 1.82. The number of hydrogen-bond acceptors (Lipinski definition) is 7. The lowest BCUT2D eigenvalue weighted by Crippen LogP contribution is -2.45. The van der Waals surface area contributed by atoms with E-state index in [0.29, 0.717) is 17.5 Å². The number of likely N-dealkylation sites (N-methyl/N-ethyl adjacent to an activating group) is 1. The summed E-state index contributed by atoms with van der Waals surface area (Å²) in [5.74, 6) is 0.205. The predicted molar refractivity (Wildman–Crippen MR) is 90.6 cm³/mol. The molecule has 128 valence electrons. The van der Waals surface area contributed by atoms with Crippen molar-refractivity contribution < 1.29 is 9.66 Å². The number of benzene rings is 1. The molecule has 1 aromatic carbocycles. The van der Waals surface area contributed by atoms with Crippen molar-refractivity contribution in [2.75, 3.05) is 46.4 Å². The van der Waals surface area contributed by atoms with E-state index in [9.17, 15) is 10.1 Å². The number of nitrogens with zero attached hydrogens (tertiary/aromatic N) is 5. The van der Waals surface area contributed by atoms with Crippen LogP contribution < -0.4 is 4.74 Å². The van der Waals surface area contributed by atoms with Crippen molar-refractivity contribution in [3.05, 3.63) is 33.7 Å². The second-order valence-corrected chi connectivity index (χ2v) is 6.11. The van der Waals surface area contributed by atoms with Crippen LogP contribution in [0.3, 0.4) is 0 Å². The van der Waals surface area contributed by atoms with Gasteiger partial charge in [-0.1, -0.05) is 11.6 Å². The number of fused-ring (bicyclic) bond motifs is 1. The van der Waals surface area contributed by atoms with Gasteiger partial charge in [0.05, 0.1) is 10.4 Å². The molecule has 0 N–H and O–H groups in total. The topological polar surface area (TPSA) is 84.6 Å². The van der Waals surface area contributed by atoms with Gasteiger partial charge in [0.25, 0.3) is 0 Å². The summed E-state index contributed by atoms with van der Waals surface area (Å²) in [6, 6.07) is 2.91. The van der Waals surface area contributed by atoms with Crippen LogP contribution in [0.2, 0.25) is 5.15 Å². The molecule has 8 nitrogen and oxygen atoms in total. The first-order valence-electron chi connectivity index (χ1n) is 7.67. The van der Waals surface area contributed by atoms with E-state index in [1.165, 1.54) is 12.4 Å². The van der Waals surface area contributed by atoms with Crippen LogP contribution in [0, 0.1) is 10.1 Å². The Morgan fingerprint density at radius 3 is 2.75 bits per heavy atom. The summed E-state index contributed by atoms with van der Waals surface area (Å²) < 4.78 is 5.68. The highest BCUT2D eigenvalue weighted by Gasteiger charge is 2.19. The lowest BCUT2D eigenvalue weighted by Gasteiger charge is -2.32. The molecule has 0 spiro atoms. The molecule has 0 unspecified atom stereocenters. The van der Waals surface area contributed by atoms with Gasteiger partial charge in [-0.05, 0) is 7.05 Å². The summed E-state index contributed by atoms with van der Waals surface area (Å²) in [7, 11) is 2.10. The number of halogens is 1. The summed E-state index contributed by atoms with van der Waals surface area (Å²) in [5, 5.41) is 11.9. The minimum Gasteiger partial charge on any atom is -0.485 e. The van der Waals surface area contributed by atoms with Crippen LogP contribution in [0.15, 0.2) is 18.5 Å². The standard InChI is InChI=1S/C15H18ClN5O3/c1-19-2-4-20(5-3-19)6-7-24-14-9-12-11(8-13(14)21(22)23)15(16)18-10-17-12/h8-10H,2-7H2,1H3. The van der Waals surface area contributed by atoms with Crippen LogP contribution >= 0.6 is 11.6 Å². The average Bonchev–Trinajstić information content (AvgIpc) is 2.56. The van der Waals surface area contributed by atoms with E-state index in [2.05, 4.69) is 26.8 Å². The smallest absolute Gasteiger partial charge is 0.311 e. The maximum Gasteiger partial charge on any atom is 0.311 e. The first-order valence-corrected chi connectivity index (χ1v) is 8.05. The number of nitro groups is 1. The lowest BCUT2D eigenvalue weighted by atomic mass is 10.2. The fraction of sp³-hybridized carbons (Fsp3) is 0.467. The number of piperazine rings is 1. The molecule has 9 heteroatoms. The largest absolute Gasteiger partial charge is 0.485 e. The molecule has 0 amide bonds. The minimum absolute atomic E-state index is 0.127. The van der Waals surface area contributed by atoms with E-state index in [-0.39, 0.29) is 16.6 Å². The number of rotatable bonds is 5. The van der Waals surface area contributed by atoms with Gasteiger partial charge in [-0.3, -0.25) is 15.0 Å². The third-order valence-electron chi connectivity index (χ3n) is 4.13. The zero-order valence-electron chi connectivity index (χ0n) is 13.3. The Bertz CT molecular complexity index is 749.